The van der Waals surface area contributed by atoms with Gasteiger partial charge in [0, 0.05) is 10.7 Å². The standard InChI is InChI=1S/C7H6BrClO2S/c8-7(12(9,10)11)6-4-2-1-3-5-6/h1-5,7H. The molecule has 0 aliphatic rings. The summed E-state index contributed by atoms with van der Waals surface area (Å²) < 4.78 is 20.9. The van der Waals surface area contributed by atoms with Crippen molar-refractivity contribution in [2.75, 3.05) is 0 Å². The lowest BCUT2D eigenvalue weighted by atomic mass is 10.2. The summed E-state index contributed by atoms with van der Waals surface area (Å²) in [4.78, 5) is 0. The van der Waals surface area contributed by atoms with Gasteiger partial charge in [0.15, 0.2) is 4.16 Å². The Morgan fingerprint density at radius 1 is 1.25 bits per heavy atom. The van der Waals surface area contributed by atoms with Crippen molar-refractivity contribution in [2.24, 2.45) is 0 Å². The molecule has 0 amide bonds. The number of rotatable bonds is 2. The molecular formula is C7H6BrClO2S. The van der Waals surface area contributed by atoms with Crippen LogP contribution in [-0.4, -0.2) is 8.42 Å². The molecule has 0 radical (unpaired) electrons. The second-order valence-electron chi connectivity index (χ2n) is 2.20. The van der Waals surface area contributed by atoms with Gasteiger partial charge in [-0.2, -0.15) is 0 Å². The average Bonchev–Trinajstić information content (AvgIpc) is 2.03. The van der Waals surface area contributed by atoms with Crippen LogP contribution in [0.25, 0.3) is 0 Å². The van der Waals surface area contributed by atoms with E-state index in [1.165, 1.54) is 0 Å². The van der Waals surface area contributed by atoms with Crippen LogP contribution in [0.5, 0.6) is 0 Å². The van der Waals surface area contributed by atoms with E-state index in [9.17, 15) is 8.42 Å². The highest BCUT2D eigenvalue weighted by atomic mass is 79.9. The molecule has 1 rings (SSSR count). The molecule has 12 heavy (non-hydrogen) atoms. The Morgan fingerprint density at radius 3 is 2.17 bits per heavy atom. The van der Waals surface area contributed by atoms with Crippen LogP contribution in [0, 0.1) is 0 Å². The summed E-state index contributed by atoms with van der Waals surface area (Å²) in [6.07, 6.45) is 0. The van der Waals surface area contributed by atoms with Gasteiger partial charge in [0.1, 0.15) is 0 Å². The van der Waals surface area contributed by atoms with Crippen molar-refractivity contribution < 1.29 is 8.42 Å². The predicted octanol–water partition coefficient (Wildman–Crippen LogP) is 2.65. The monoisotopic (exact) mass is 268 g/mol. The Labute approximate surface area is 84.1 Å². The summed E-state index contributed by atoms with van der Waals surface area (Å²) in [6, 6.07) is 8.71. The zero-order chi connectivity index (χ0) is 9.19. The fraction of sp³-hybridized carbons (Fsp3) is 0.143. The number of halogens is 2. The molecule has 66 valence electrons. The van der Waals surface area contributed by atoms with E-state index in [0.717, 1.165) is 0 Å². The first-order valence-electron chi connectivity index (χ1n) is 3.14. The highest BCUT2D eigenvalue weighted by molar-refractivity contribution is 9.11. The van der Waals surface area contributed by atoms with Crippen molar-refractivity contribution in [2.45, 2.75) is 4.16 Å². The molecule has 0 N–H and O–H groups in total. The van der Waals surface area contributed by atoms with Crippen LogP contribution in [0.2, 0.25) is 0 Å². The average molecular weight is 270 g/mol. The van der Waals surface area contributed by atoms with Crippen LogP contribution in [0.15, 0.2) is 30.3 Å². The van der Waals surface area contributed by atoms with Crippen molar-refractivity contribution in [1.82, 2.24) is 0 Å². The molecule has 0 aliphatic heterocycles. The number of hydrogen-bond acceptors (Lipinski definition) is 2. The lowest BCUT2D eigenvalue weighted by Gasteiger charge is -2.04. The first-order valence-corrected chi connectivity index (χ1v) is 6.43. The third kappa shape index (κ3) is 2.47. The normalized spacial score (nSPS) is 14.2. The van der Waals surface area contributed by atoms with Crippen LogP contribution in [-0.2, 0) is 9.05 Å². The number of alkyl halides is 1. The molecule has 1 unspecified atom stereocenters. The second kappa shape index (κ2) is 3.77. The van der Waals surface area contributed by atoms with E-state index < -0.39 is 13.2 Å². The summed E-state index contributed by atoms with van der Waals surface area (Å²) in [5, 5.41) is 0. The molecule has 0 fully saturated rings. The van der Waals surface area contributed by atoms with Crippen LogP contribution in [0.3, 0.4) is 0 Å². The Hall–Kier alpha value is -0.0600. The quantitative estimate of drug-likeness (QED) is 0.611. The SMILES string of the molecule is O=S(=O)(Cl)C(Br)c1ccccc1. The van der Waals surface area contributed by atoms with Crippen molar-refractivity contribution in [3.63, 3.8) is 0 Å². The van der Waals surface area contributed by atoms with E-state index in [-0.39, 0.29) is 0 Å². The minimum absolute atomic E-state index is 0.632. The van der Waals surface area contributed by atoms with E-state index in [1.54, 1.807) is 24.3 Å². The van der Waals surface area contributed by atoms with Crippen LogP contribution < -0.4 is 0 Å². The molecule has 0 bridgehead atoms. The molecule has 0 heterocycles. The maximum Gasteiger partial charge on any atom is 0.249 e. The smallest absolute Gasteiger partial charge is 0.211 e. The highest BCUT2D eigenvalue weighted by Gasteiger charge is 2.20. The van der Waals surface area contributed by atoms with Gasteiger partial charge >= 0.3 is 0 Å². The molecule has 0 aromatic heterocycles. The van der Waals surface area contributed by atoms with Crippen molar-refractivity contribution in [3.05, 3.63) is 35.9 Å². The fourth-order valence-corrected chi connectivity index (χ4v) is 1.86. The summed E-state index contributed by atoms with van der Waals surface area (Å²) in [6.45, 7) is 0. The van der Waals surface area contributed by atoms with Gasteiger partial charge in [0.25, 0.3) is 0 Å². The lowest BCUT2D eigenvalue weighted by Crippen LogP contribution is -1.98. The Balaban J connectivity index is 3.02. The fourth-order valence-electron chi connectivity index (χ4n) is 0.767. The highest BCUT2D eigenvalue weighted by Crippen LogP contribution is 2.31. The summed E-state index contributed by atoms with van der Waals surface area (Å²) in [5.74, 6) is 0. The van der Waals surface area contributed by atoms with E-state index in [2.05, 4.69) is 15.9 Å². The third-order valence-electron chi connectivity index (χ3n) is 1.31. The van der Waals surface area contributed by atoms with Gasteiger partial charge in [0.05, 0.1) is 0 Å². The molecule has 1 atom stereocenters. The van der Waals surface area contributed by atoms with E-state index in [1.807, 2.05) is 6.07 Å². The first-order chi connectivity index (χ1) is 5.52. The van der Waals surface area contributed by atoms with Crippen LogP contribution in [0.1, 0.15) is 9.72 Å². The summed E-state index contributed by atoms with van der Waals surface area (Å²) in [5.41, 5.74) is 0.632. The topological polar surface area (TPSA) is 34.1 Å². The zero-order valence-electron chi connectivity index (χ0n) is 5.94. The zero-order valence-corrected chi connectivity index (χ0v) is 9.10. The Bertz CT molecular complexity index is 349. The van der Waals surface area contributed by atoms with Crippen LogP contribution >= 0.6 is 26.6 Å². The van der Waals surface area contributed by atoms with Crippen LogP contribution in [0.4, 0.5) is 0 Å². The molecule has 0 saturated carbocycles. The first kappa shape index (κ1) is 10.0. The van der Waals surface area contributed by atoms with Gasteiger partial charge in [-0.05, 0) is 5.56 Å². The molecule has 5 heteroatoms. The van der Waals surface area contributed by atoms with E-state index >= 15 is 0 Å². The Kier molecular flexibility index (Phi) is 3.15. The van der Waals surface area contributed by atoms with Gasteiger partial charge in [-0.15, -0.1) is 0 Å². The minimum atomic E-state index is -3.57. The molecule has 1 aromatic carbocycles. The second-order valence-corrected chi connectivity index (χ2v) is 6.44. The van der Waals surface area contributed by atoms with Gasteiger partial charge in [-0.3, -0.25) is 0 Å². The number of hydrogen-bond donors (Lipinski definition) is 0. The maximum atomic E-state index is 10.9. The molecular weight excluding hydrogens is 263 g/mol. The minimum Gasteiger partial charge on any atom is -0.211 e. The molecule has 2 nitrogen and oxygen atoms in total. The number of benzene rings is 1. The van der Waals surface area contributed by atoms with Crippen molar-refractivity contribution in [3.8, 4) is 0 Å². The maximum absolute atomic E-state index is 10.9. The predicted molar refractivity (Wildman–Crippen MR) is 52.9 cm³/mol. The largest absolute Gasteiger partial charge is 0.249 e. The van der Waals surface area contributed by atoms with Crippen molar-refractivity contribution in [1.29, 1.82) is 0 Å². The Morgan fingerprint density at radius 2 is 1.75 bits per heavy atom. The molecule has 0 spiro atoms. The van der Waals surface area contributed by atoms with E-state index in [0.29, 0.717) is 5.56 Å². The van der Waals surface area contributed by atoms with Gasteiger partial charge in [-0.25, -0.2) is 8.42 Å². The lowest BCUT2D eigenvalue weighted by molar-refractivity contribution is 0.608. The summed E-state index contributed by atoms with van der Waals surface area (Å²) >= 11 is 2.99. The van der Waals surface area contributed by atoms with Gasteiger partial charge < -0.3 is 0 Å². The molecule has 1 aromatic rings. The molecule has 0 saturated heterocycles. The molecule has 0 aliphatic carbocycles. The van der Waals surface area contributed by atoms with Gasteiger partial charge in [-0.1, -0.05) is 46.3 Å². The van der Waals surface area contributed by atoms with E-state index in [4.69, 9.17) is 10.7 Å². The van der Waals surface area contributed by atoms with Gasteiger partial charge in [0.2, 0.25) is 9.05 Å². The summed E-state index contributed by atoms with van der Waals surface area (Å²) in [7, 11) is 1.58. The third-order valence-corrected chi connectivity index (χ3v) is 5.26. The van der Waals surface area contributed by atoms with Crippen molar-refractivity contribution >= 4 is 35.7 Å².